The molecule has 0 N–H and O–H groups in total. The fourth-order valence-electron chi connectivity index (χ4n) is 2.53. The Morgan fingerprint density at radius 1 is 1.00 bits per heavy atom. The van der Waals surface area contributed by atoms with Gasteiger partial charge >= 0.3 is 10.2 Å². The van der Waals surface area contributed by atoms with Gasteiger partial charge in [-0.05, 0) is 30.7 Å². The largest absolute Gasteiger partial charge is 1.00 e. The summed E-state index contributed by atoms with van der Waals surface area (Å²) in [5, 5.41) is 2.05. The lowest BCUT2D eigenvalue weighted by Gasteiger charge is -1.96. The number of benzene rings is 2. The van der Waals surface area contributed by atoms with Crippen LogP contribution in [0.25, 0.3) is 17.3 Å². The van der Waals surface area contributed by atoms with Gasteiger partial charge in [0, 0.05) is 17.3 Å². The van der Waals surface area contributed by atoms with E-state index in [1.165, 1.54) is 5.56 Å². The second-order valence-corrected chi connectivity index (χ2v) is 7.56. The van der Waals surface area contributed by atoms with Gasteiger partial charge in [-0.2, -0.15) is 0 Å². The normalized spacial score (nSPS) is 14.5. The van der Waals surface area contributed by atoms with Crippen molar-refractivity contribution < 1.29 is 21.8 Å². The second-order valence-electron chi connectivity index (χ2n) is 5.41. The van der Waals surface area contributed by atoms with E-state index in [9.17, 15) is 4.79 Å². The Labute approximate surface area is 155 Å². The number of carbonyl (C=O) groups is 1. The molecule has 1 aliphatic heterocycles. The molecule has 0 aliphatic carbocycles. The number of hydrogen-bond acceptors (Lipinski definition) is 3. The molecule has 4 rings (SSSR count). The van der Waals surface area contributed by atoms with Gasteiger partial charge in [-0.3, -0.25) is 0 Å². The molecular formula is C19H14ClNOS2. The predicted molar refractivity (Wildman–Crippen MR) is 95.6 cm³/mol. The fourth-order valence-corrected chi connectivity index (χ4v) is 4.71. The molecule has 0 bridgehead atoms. The molecule has 2 nitrogen and oxygen atoms in total. The molecule has 0 saturated heterocycles. The number of thiazole rings is 1. The highest BCUT2D eigenvalue weighted by molar-refractivity contribution is 8.05. The van der Waals surface area contributed by atoms with E-state index >= 15 is 0 Å². The number of aromatic nitrogens is 1. The summed E-state index contributed by atoms with van der Waals surface area (Å²) >= 11 is 3.17. The molecule has 2 aromatic carbocycles. The van der Waals surface area contributed by atoms with Crippen LogP contribution in [0.2, 0.25) is 0 Å². The Kier molecular flexibility index (Phi) is 4.90. The lowest BCUT2D eigenvalue weighted by molar-refractivity contribution is -0.588. The van der Waals surface area contributed by atoms with E-state index in [0.717, 1.165) is 26.1 Å². The van der Waals surface area contributed by atoms with E-state index < -0.39 is 0 Å². The molecule has 5 heteroatoms. The highest BCUT2D eigenvalue weighted by atomic mass is 35.5. The monoisotopic (exact) mass is 371 g/mol. The molecule has 2 heterocycles. The maximum atomic E-state index is 12.8. The lowest BCUT2D eigenvalue weighted by Crippen LogP contribution is -3.00. The summed E-state index contributed by atoms with van der Waals surface area (Å²) in [5.41, 5.74) is 4.32. The number of rotatable bonds is 2. The zero-order chi connectivity index (χ0) is 15.8. The van der Waals surface area contributed by atoms with Crippen molar-refractivity contribution in [3.05, 3.63) is 76.0 Å². The Hall–Kier alpha value is -1.88. The molecule has 24 heavy (non-hydrogen) atoms. The smallest absolute Gasteiger partial charge is 0.433 e. The first kappa shape index (κ1) is 17.0. The Bertz CT molecular complexity index is 914. The first-order chi connectivity index (χ1) is 11.2. The van der Waals surface area contributed by atoms with Gasteiger partial charge in [0.25, 0.3) is 0 Å². The molecule has 3 aromatic rings. The van der Waals surface area contributed by atoms with Crippen LogP contribution in [0.1, 0.15) is 15.9 Å². The van der Waals surface area contributed by atoms with Crippen molar-refractivity contribution in [2.45, 2.75) is 11.3 Å². The van der Waals surface area contributed by atoms with E-state index in [1.54, 1.807) is 23.1 Å². The van der Waals surface area contributed by atoms with Crippen molar-refractivity contribution in [2.75, 3.05) is 0 Å². The number of fused-ring (bicyclic) bond motifs is 1. The summed E-state index contributed by atoms with van der Waals surface area (Å²) in [5.74, 6) is 0.0608. The minimum Gasteiger partial charge on any atom is -1.00 e. The topological polar surface area (TPSA) is 20.9 Å². The number of carbonyl (C=O) groups excluding carboxylic acids is 1. The van der Waals surface area contributed by atoms with Crippen LogP contribution in [-0.4, -0.2) is 5.91 Å². The Morgan fingerprint density at radius 3 is 2.42 bits per heavy atom. The van der Waals surface area contributed by atoms with E-state index in [2.05, 4.69) is 24.4 Å². The number of nitrogens with zero attached hydrogens (tertiary/aromatic N) is 1. The SMILES string of the molecule is Cc1ccc(/C=C2\Sc3scc(-c4ccccc4)[n+]3C2=O)cc1.[Cl-]. The molecular weight excluding hydrogens is 358 g/mol. The summed E-state index contributed by atoms with van der Waals surface area (Å²) in [6.45, 7) is 2.06. The standard InChI is InChI=1S/C19H14NOS2.ClH/c1-13-7-9-14(10-8-13)11-17-18(21)20-16(12-22-19(20)23-17)15-5-3-2-4-6-15;/h2-12H,1H3;1H/q+1;/p-1/b17-11-;. The van der Waals surface area contributed by atoms with Crippen molar-refractivity contribution in [1.82, 2.24) is 0 Å². The second kappa shape index (κ2) is 6.93. The van der Waals surface area contributed by atoms with E-state index in [4.69, 9.17) is 0 Å². The molecule has 0 radical (unpaired) electrons. The number of allylic oxidation sites excluding steroid dienone is 1. The molecule has 1 aromatic heterocycles. The van der Waals surface area contributed by atoms with E-state index in [1.807, 2.05) is 53.1 Å². The van der Waals surface area contributed by atoms with Gasteiger partial charge in [-0.1, -0.05) is 59.4 Å². The van der Waals surface area contributed by atoms with E-state index in [-0.39, 0.29) is 18.3 Å². The van der Waals surface area contributed by atoms with Crippen molar-refractivity contribution in [2.24, 2.45) is 0 Å². The van der Waals surface area contributed by atoms with Crippen LogP contribution in [0.5, 0.6) is 0 Å². The third kappa shape index (κ3) is 3.05. The van der Waals surface area contributed by atoms with Gasteiger partial charge in [-0.25, -0.2) is 4.79 Å². The number of thioether (sulfide) groups is 1. The average molecular weight is 372 g/mol. The maximum absolute atomic E-state index is 12.8. The Morgan fingerprint density at radius 2 is 1.71 bits per heavy atom. The number of aryl methyl sites for hydroxylation is 1. The first-order valence-electron chi connectivity index (χ1n) is 7.32. The van der Waals surface area contributed by atoms with Crippen molar-refractivity contribution in [3.8, 4) is 11.3 Å². The van der Waals surface area contributed by atoms with Crippen LogP contribution in [0, 0.1) is 6.92 Å². The van der Waals surface area contributed by atoms with Gasteiger partial charge < -0.3 is 12.4 Å². The van der Waals surface area contributed by atoms with Crippen LogP contribution >= 0.6 is 23.1 Å². The number of hydrogen-bond donors (Lipinski definition) is 0. The molecule has 0 amide bonds. The molecule has 0 fully saturated rings. The quantitative estimate of drug-likeness (QED) is 0.506. The van der Waals surface area contributed by atoms with Gasteiger partial charge in [-0.15, -0.1) is 4.57 Å². The van der Waals surface area contributed by atoms with Crippen molar-refractivity contribution in [1.29, 1.82) is 0 Å². The third-order valence-electron chi connectivity index (χ3n) is 3.75. The van der Waals surface area contributed by atoms with Crippen LogP contribution in [0.3, 0.4) is 0 Å². The minimum atomic E-state index is 0. The first-order valence-corrected chi connectivity index (χ1v) is 9.02. The molecule has 0 unspecified atom stereocenters. The maximum Gasteiger partial charge on any atom is 0.433 e. The van der Waals surface area contributed by atoms with E-state index in [0.29, 0.717) is 0 Å². The van der Waals surface area contributed by atoms with Crippen LogP contribution in [0.4, 0.5) is 0 Å². The molecule has 0 saturated carbocycles. The predicted octanol–water partition coefficient (Wildman–Crippen LogP) is 1.80. The molecule has 0 spiro atoms. The highest BCUT2D eigenvalue weighted by Gasteiger charge is 2.40. The zero-order valence-corrected chi connectivity index (χ0v) is 15.3. The zero-order valence-electron chi connectivity index (χ0n) is 12.9. The van der Waals surface area contributed by atoms with Crippen molar-refractivity contribution >= 4 is 35.1 Å². The summed E-state index contributed by atoms with van der Waals surface area (Å²) < 4.78 is 2.84. The number of halogens is 1. The highest BCUT2D eigenvalue weighted by Crippen LogP contribution is 2.37. The van der Waals surface area contributed by atoms with Crippen LogP contribution in [0.15, 0.2) is 69.2 Å². The van der Waals surface area contributed by atoms with Gasteiger partial charge in [0.05, 0.1) is 5.38 Å². The summed E-state index contributed by atoms with van der Waals surface area (Å²) in [6, 6.07) is 18.3. The third-order valence-corrected chi connectivity index (χ3v) is 5.88. The van der Waals surface area contributed by atoms with Crippen molar-refractivity contribution in [3.63, 3.8) is 0 Å². The fraction of sp³-hybridized carbons (Fsp3) is 0.0526. The van der Waals surface area contributed by atoms with Crippen LogP contribution < -0.4 is 17.0 Å². The molecule has 120 valence electrons. The minimum absolute atomic E-state index is 0. The summed E-state index contributed by atoms with van der Waals surface area (Å²) in [6.07, 6.45) is 1.97. The Balaban J connectivity index is 0.00000169. The van der Waals surface area contributed by atoms with Gasteiger partial charge in [0.1, 0.15) is 4.91 Å². The van der Waals surface area contributed by atoms with Gasteiger partial charge in [0.2, 0.25) is 5.69 Å². The van der Waals surface area contributed by atoms with Crippen LogP contribution in [-0.2, 0) is 0 Å². The molecule has 0 atom stereocenters. The lowest BCUT2D eigenvalue weighted by atomic mass is 10.1. The van der Waals surface area contributed by atoms with Gasteiger partial charge in [0.15, 0.2) is 0 Å². The average Bonchev–Trinajstić information content (AvgIpc) is 3.12. The summed E-state index contributed by atoms with van der Waals surface area (Å²) in [4.78, 5) is 13.6. The summed E-state index contributed by atoms with van der Waals surface area (Å²) in [7, 11) is 0. The molecule has 1 aliphatic rings.